The fourth-order valence-corrected chi connectivity index (χ4v) is 3.70. The summed E-state index contributed by atoms with van der Waals surface area (Å²) >= 11 is 0. The second-order valence-corrected chi connectivity index (χ2v) is 6.71. The third kappa shape index (κ3) is 2.97. The van der Waals surface area contributed by atoms with E-state index in [0.717, 1.165) is 11.1 Å². The molecule has 0 radical (unpaired) electrons. The number of hydrogen-bond acceptors (Lipinski definition) is 2. The SMILES string of the molecule is COc1ccc(N2C(=O)[C@@](F)(Cc3ccccc3)[C@@H]2c2ccccc2)cc1. The molecule has 3 aromatic rings. The van der Waals surface area contributed by atoms with Gasteiger partial charge in [-0.2, -0.15) is 0 Å². The van der Waals surface area contributed by atoms with Gasteiger partial charge in [-0.15, -0.1) is 0 Å². The van der Waals surface area contributed by atoms with Gasteiger partial charge in [0.1, 0.15) is 11.8 Å². The quantitative estimate of drug-likeness (QED) is 0.615. The first-order valence-electron chi connectivity index (χ1n) is 8.89. The summed E-state index contributed by atoms with van der Waals surface area (Å²) in [5, 5.41) is 0. The third-order valence-corrected chi connectivity index (χ3v) is 5.04. The van der Waals surface area contributed by atoms with Crippen LogP contribution in [0.2, 0.25) is 0 Å². The van der Waals surface area contributed by atoms with Crippen LogP contribution in [0.4, 0.5) is 10.1 Å². The zero-order chi connectivity index (χ0) is 18.9. The third-order valence-electron chi connectivity index (χ3n) is 5.04. The maximum Gasteiger partial charge on any atom is 0.268 e. The number of benzene rings is 3. The van der Waals surface area contributed by atoms with Crippen LogP contribution < -0.4 is 9.64 Å². The predicted octanol–water partition coefficient (Wildman–Crippen LogP) is 4.73. The van der Waals surface area contributed by atoms with Crippen molar-refractivity contribution in [2.24, 2.45) is 0 Å². The molecular weight excluding hydrogens is 341 g/mol. The lowest BCUT2D eigenvalue weighted by Crippen LogP contribution is -2.67. The Balaban J connectivity index is 1.72. The monoisotopic (exact) mass is 361 g/mol. The van der Waals surface area contributed by atoms with Crippen molar-refractivity contribution in [3.63, 3.8) is 0 Å². The van der Waals surface area contributed by atoms with Gasteiger partial charge in [0.2, 0.25) is 5.67 Å². The number of methoxy groups -OCH3 is 1. The lowest BCUT2D eigenvalue weighted by Gasteiger charge is -2.51. The highest BCUT2D eigenvalue weighted by molar-refractivity contribution is 6.08. The van der Waals surface area contributed by atoms with Gasteiger partial charge >= 0.3 is 0 Å². The molecule has 2 atom stereocenters. The normalized spacial score (nSPS) is 21.6. The molecule has 27 heavy (non-hydrogen) atoms. The van der Waals surface area contributed by atoms with Gasteiger partial charge in [0.25, 0.3) is 5.91 Å². The molecule has 4 heteroatoms. The molecule has 0 unspecified atom stereocenters. The van der Waals surface area contributed by atoms with Crippen LogP contribution in [0.25, 0.3) is 0 Å². The number of ether oxygens (including phenoxy) is 1. The summed E-state index contributed by atoms with van der Waals surface area (Å²) < 4.78 is 21.2. The lowest BCUT2D eigenvalue weighted by molar-refractivity contribution is -0.143. The Morgan fingerprint density at radius 3 is 2.11 bits per heavy atom. The number of anilines is 1. The number of amides is 1. The minimum Gasteiger partial charge on any atom is -0.497 e. The highest BCUT2D eigenvalue weighted by Gasteiger charge is 2.62. The fourth-order valence-electron chi connectivity index (χ4n) is 3.70. The van der Waals surface area contributed by atoms with Crippen LogP contribution in [0, 0.1) is 0 Å². The Kier molecular flexibility index (Phi) is 4.40. The first-order valence-corrected chi connectivity index (χ1v) is 8.89. The Labute approximate surface area is 158 Å². The van der Waals surface area contributed by atoms with Gasteiger partial charge in [0, 0.05) is 12.1 Å². The van der Waals surface area contributed by atoms with E-state index in [2.05, 4.69) is 0 Å². The average molecular weight is 361 g/mol. The van der Waals surface area contributed by atoms with Crippen LogP contribution in [0.1, 0.15) is 17.2 Å². The summed E-state index contributed by atoms with van der Waals surface area (Å²) in [5.41, 5.74) is 0.286. The molecule has 136 valence electrons. The molecule has 3 nitrogen and oxygen atoms in total. The van der Waals surface area contributed by atoms with Crippen molar-refractivity contribution >= 4 is 11.6 Å². The Hall–Kier alpha value is -3.14. The molecule has 0 aliphatic carbocycles. The molecule has 1 saturated heterocycles. The average Bonchev–Trinajstić information content (AvgIpc) is 2.73. The molecule has 1 amide bonds. The van der Waals surface area contributed by atoms with E-state index in [1.807, 2.05) is 60.7 Å². The molecule has 0 bridgehead atoms. The number of β-lactam (4-membered cyclic amide) rings is 1. The minimum atomic E-state index is -1.97. The van der Waals surface area contributed by atoms with E-state index in [4.69, 9.17) is 4.74 Å². The summed E-state index contributed by atoms with van der Waals surface area (Å²) in [5.74, 6) is 0.184. The highest BCUT2D eigenvalue weighted by Crippen LogP contribution is 2.50. The number of hydrogen-bond donors (Lipinski definition) is 0. The lowest BCUT2D eigenvalue weighted by atomic mass is 9.75. The van der Waals surface area contributed by atoms with Gasteiger partial charge in [-0.05, 0) is 35.4 Å². The first-order chi connectivity index (χ1) is 13.1. The van der Waals surface area contributed by atoms with E-state index in [0.29, 0.717) is 11.4 Å². The van der Waals surface area contributed by atoms with E-state index in [1.54, 1.807) is 31.4 Å². The van der Waals surface area contributed by atoms with Crippen molar-refractivity contribution in [2.45, 2.75) is 18.1 Å². The van der Waals surface area contributed by atoms with Crippen LogP contribution in [0.15, 0.2) is 84.9 Å². The number of alkyl halides is 1. The molecule has 1 aliphatic heterocycles. The molecule has 1 heterocycles. The van der Waals surface area contributed by atoms with Crippen LogP contribution in [0.5, 0.6) is 5.75 Å². The first kappa shape index (κ1) is 17.3. The predicted molar refractivity (Wildman–Crippen MR) is 104 cm³/mol. The molecular formula is C23H20FNO2. The zero-order valence-corrected chi connectivity index (χ0v) is 15.0. The molecule has 0 saturated carbocycles. The van der Waals surface area contributed by atoms with Crippen molar-refractivity contribution in [3.8, 4) is 5.75 Å². The summed E-state index contributed by atoms with van der Waals surface area (Å²) in [6, 6.07) is 25.1. The van der Waals surface area contributed by atoms with Crippen molar-refractivity contribution in [1.82, 2.24) is 0 Å². The summed E-state index contributed by atoms with van der Waals surface area (Å²) in [7, 11) is 1.59. The van der Waals surface area contributed by atoms with Crippen molar-refractivity contribution in [1.29, 1.82) is 0 Å². The molecule has 3 aromatic carbocycles. The number of carbonyl (C=O) groups is 1. The second-order valence-electron chi connectivity index (χ2n) is 6.71. The van der Waals surface area contributed by atoms with E-state index >= 15 is 4.39 Å². The van der Waals surface area contributed by atoms with Crippen molar-refractivity contribution in [2.75, 3.05) is 12.0 Å². The second kappa shape index (κ2) is 6.88. The largest absolute Gasteiger partial charge is 0.497 e. The van der Waals surface area contributed by atoms with Crippen molar-refractivity contribution < 1.29 is 13.9 Å². The van der Waals surface area contributed by atoms with Gasteiger partial charge in [0.15, 0.2) is 0 Å². The van der Waals surface area contributed by atoms with E-state index < -0.39 is 17.6 Å². The maximum absolute atomic E-state index is 16.0. The number of carbonyl (C=O) groups excluding carboxylic acids is 1. The van der Waals surface area contributed by atoms with Gasteiger partial charge in [-0.25, -0.2) is 4.39 Å². The smallest absolute Gasteiger partial charge is 0.268 e. The van der Waals surface area contributed by atoms with Crippen LogP contribution >= 0.6 is 0 Å². The maximum atomic E-state index is 16.0. The molecule has 1 fully saturated rings. The molecule has 1 aliphatic rings. The van der Waals surface area contributed by atoms with Crippen LogP contribution in [0.3, 0.4) is 0 Å². The number of nitrogens with zero attached hydrogens (tertiary/aromatic N) is 1. The van der Waals surface area contributed by atoms with Gasteiger partial charge in [-0.3, -0.25) is 9.69 Å². The molecule has 0 aromatic heterocycles. The molecule has 0 N–H and O–H groups in total. The van der Waals surface area contributed by atoms with Gasteiger partial charge in [-0.1, -0.05) is 60.7 Å². The zero-order valence-electron chi connectivity index (χ0n) is 15.0. The van der Waals surface area contributed by atoms with Crippen LogP contribution in [-0.4, -0.2) is 18.7 Å². The van der Waals surface area contributed by atoms with Gasteiger partial charge < -0.3 is 4.74 Å². The summed E-state index contributed by atoms with van der Waals surface area (Å²) in [6.45, 7) is 0. The van der Waals surface area contributed by atoms with Crippen LogP contribution in [-0.2, 0) is 11.2 Å². The standard InChI is InChI=1S/C23H20FNO2/c1-27-20-14-12-19(13-15-20)25-21(18-10-6-3-7-11-18)23(24,22(25)26)16-17-8-4-2-5-9-17/h2-15,21H,16H2,1H3/t21-,23+/m0/s1. The summed E-state index contributed by atoms with van der Waals surface area (Å²) in [4.78, 5) is 14.5. The topological polar surface area (TPSA) is 29.5 Å². The fraction of sp³-hybridized carbons (Fsp3) is 0.174. The highest BCUT2D eigenvalue weighted by atomic mass is 19.1. The van der Waals surface area contributed by atoms with E-state index in [9.17, 15) is 4.79 Å². The Morgan fingerprint density at radius 1 is 0.926 bits per heavy atom. The van der Waals surface area contributed by atoms with E-state index in [1.165, 1.54) is 4.90 Å². The summed E-state index contributed by atoms with van der Waals surface area (Å²) in [6.07, 6.45) is 0.0545. The Bertz CT molecular complexity index is 928. The van der Waals surface area contributed by atoms with Crippen molar-refractivity contribution in [3.05, 3.63) is 96.1 Å². The van der Waals surface area contributed by atoms with Gasteiger partial charge in [0.05, 0.1) is 7.11 Å². The Morgan fingerprint density at radius 2 is 1.52 bits per heavy atom. The number of halogens is 1. The molecule has 0 spiro atoms. The molecule has 4 rings (SSSR count). The minimum absolute atomic E-state index is 0.0545. The number of rotatable bonds is 5. The van der Waals surface area contributed by atoms with E-state index in [-0.39, 0.29) is 6.42 Å².